The number of ether oxygens (including phenoxy) is 1. The molecule has 5 nitrogen and oxygen atoms in total. The number of carbonyl (C=O) groups is 1. The van der Waals surface area contributed by atoms with Gasteiger partial charge in [-0.2, -0.15) is 4.98 Å². The van der Waals surface area contributed by atoms with Crippen LogP contribution >= 0.6 is 0 Å². The topological polar surface area (TPSA) is 65.2 Å². The summed E-state index contributed by atoms with van der Waals surface area (Å²) in [6, 6.07) is 4.33. The van der Waals surface area contributed by atoms with Gasteiger partial charge in [-0.05, 0) is 24.6 Å². The summed E-state index contributed by atoms with van der Waals surface area (Å²) in [7, 11) is 1.44. The first-order valence-corrected chi connectivity index (χ1v) is 5.70. The van der Waals surface area contributed by atoms with Crippen molar-refractivity contribution in [1.82, 2.24) is 10.1 Å². The van der Waals surface area contributed by atoms with Gasteiger partial charge in [-0.3, -0.25) is 4.79 Å². The van der Waals surface area contributed by atoms with Crippen LogP contribution in [0.15, 0.2) is 22.7 Å². The van der Waals surface area contributed by atoms with Crippen LogP contribution in [0.1, 0.15) is 11.5 Å². The number of halogens is 1. The molecule has 0 atom stereocenters. The highest BCUT2D eigenvalue weighted by molar-refractivity contribution is 5.81. The molecule has 1 aromatic heterocycles. The molecular formula is C13H13FN2O3. The third-order valence-electron chi connectivity index (χ3n) is 2.56. The molecule has 0 unspecified atom stereocenters. The lowest BCUT2D eigenvalue weighted by atomic mass is 10.1. The van der Waals surface area contributed by atoms with E-state index in [1.54, 1.807) is 6.07 Å². The molecule has 0 N–H and O–H groups in total. The summed E-state index contributed by atoms with van der Waals surface area (Å²) >= 11 is 0. The molecular weight excluding hydrogens is 251 g/mol. The number of aryl methyl sites for hydroxylation is 1. The SMILES string of the molecule is COCC(=O)Cc1nc(-c2cc(F)ccc2C)no1. The van der Waals surface area contributed by atoms with E-state index < -0.39 is 0 Å². The molecule has 6 heteroatoms. The van der Waals surface area contributed by atoms with Crippen molar-refractivity contribution < 1.29 is 18.4 Å². The zero-order chi connectivity index (χ0) is 13.8. The number of hydrogen-bond acceptors (Lipinski definition) is 5. The molecule has 0 saturated heterocycles. The van der Waals surface area contributed by atoms with Gasteiger partial charge in [-0.15, -0.1) is 0 Å². The molecule has 0 radical (unpaired) electrons. The molecule has 0 fully saturated rings. The first-order chi connectivity index (χ1) is 9.10. The predicted molar refractivity (Wildman–Crippen MR) is 65.0 cm³/mol. The van der Waals surface area contributed by atoms with Crippen molar-refractivity contribution in [2.75, 3.05) is 13.7 Å². The van der Waals surface area contributed by atoms with Crippen molar-refractivity contribution in [3.8, 4) is 11.4 Å². The Hall–Kier alpha value is -2.08. The highest BCUT2D eigenvalue weighted by Crippen LogP contribution is 2.21. The molecule has 0 saturated carbocycles. The van der Waals surface area contributed by atoms with Crippen LogP contribution in [0.3, 0.4) is 0 Å². The van der Waals surface area contributed by atoms with E-state index in [9.17, 15) is 9.18 Å². The molecule has 2 rings (SSSR count). The van der Waals surface area contributed by atoms with E-state index in [0.717, 1.165) is 5.56 Å². The minimum absolute atomic E-state index is 0.00327. The Bertz CT molecular complexity index is 595. The average Bonchev–Trinajstić information content (AvgIpc) is 2.81. The van der Waals surface area contributed by atoms with E-state index in [1.165, 1.54) is 19.2 Å². The quantitative estimate of drug-likeness (QED) is 0.825. The van der Waals surface area contributed by atoms with Gasteiger partial charge in [0, 0.05) is 12.7 Å². The zero-order valence-electron chi connectivity index (χ0n) is 10.6. The van der Waals surface area contributed by atoms with Crippen LogP contribution in [0.2, 0.25) is 0 Å². The zero-order valence-corrected chi connectivity index (χ0v) is 10.6. The Morgan fingerprint density at radius 3 is 3.00 bits per heavy atom. The number of benzene rings is 1. The van der Waals surface area contributed by atoms with Crippen LogP contribution in [0.4, 0.5) is 4.39 Å². The molecule has 0 aliphatic heterocycles. The fourth-order valence-corrected chi connectivity index (χ4v) is 1.65. The minimum atomic E-state index is -0.373. The van der Waals surface area contributed by atoms with Crippen LogP contribution in [0.5, 0.6) is 0 Å². The number of carbonyl (C=O) groups excluding carboxylic acids is 1. The number of hydrogen-bond donors (Lipinski definition) is 0. The summed E-state index contributed by atoms with van der Waals surface area (Å²) in [4.78, 5) is 15.5. The summed E-state index contributed by atoms with van der Waals surface area (Å²) in [6.45, 7) is 1.82. The fraction of sp³-hybridized carbons (Fsp3) is 0.308. The number of aromatic nitrogens is 2. The molecule has 1 aromatic carbocycles. The Labute approximate surface area is 109 Å². The van der Waals surface area contributed by atoms with E-state index in [2.05, 4.69) is 10.1 Å². The third-order valence-corrected chi connectivity index (χ3v) is 2.56. The standard InChI is InChI=1S/C13H13FN2O3/c1-8-3-4-9(14)5-11(8)13-15-12(19-16-13)6-10(17)7-18-2/h3-5H,6-7H2,1-2H3. The second kappa shape index (κ2) is 5.71. The highest BCUT2D eigenvalue weighted by Gasteiger charge is 2.14. The smallest absolute Gasteiger partial charge is 0.234 e. The molecule has 19 heavy (non-hydrogen) atoms. The molecule has 1 heterocycles. The molecule has 0 bridgehead atoms. The third kappa shape index (κ3) is 3.23. The van der Waals surface area contributed by atoms with Gasteiger partial charge in [0.1, 0.15) is 12.4 Å². The maximum atomic E-state index is 13.2. The first kappa shape index (κ1) is 13.4. The van der Waals surface area contributed by atoms with Gasteiger partial charge in [-0.25, -0.2) is 4.39 Å². The first-order valence-electron chi connectivity index (χ1n) is 5.70. The van der Waals surface area contributed by atoms with E-state index in [4.69, 9.17) is 9.26 Å². The molecule has 100 valence electrons. The van der Waals surface area contributed by atoms with Crippen molar-refractivity contribution in [3.05, 3.63) is 35.5 Å². The summed E-state index contributed by atoms with van der Waals surface area (Å²) in [5, 5.41) is 3.76. The highest BCUT2D eigenvalue weighted by atomic mass is 19.1. The minimum Gasteiger partial charge on any atom is -0.377 e. The fourth-order valence-electron chi connectivity index (χ4n) is 1.65. The second-order valence-electron chi connectivity index (χ2n) is 4.12. The summed E-state index contributed by atoms with van der Waals surface area (Å²) in [5.74, 6) is -0.0611. The lowest BCUT2D eigenvalue weighted by Gasteiger charge is -1.99. The van der Waals surface area contributed by atoms with E-state index >= 15 is 0 Å². The van der Waals surface area contributed by atoms with Crippen LogP contribution in [0.25, 0.3) is 11.4 Å². The molecule has 0 aliphatic rings. The lowest BCUT2D eigenvalue weighted by Crippen LogP contribution is -2.09. The molecule has 0 amide bonds. The van der Waals surface area contributed by atoms with E-state index in [-0.39, 0.29) is 36.3 Å². The van der Waals surface area contributed by atoms with Gasteiger partial charge in [0.15, 0.2) is 5.78 Å². The number of nitrogens with zero attached hydrogens (tertiary/aromatic N) is 2. The van der Waals surface area contributed by atoms with Gasteiger partial charge >= 0.3 is 0 Å². The van der Waals surface area contributed by atoms with Crippen molar-refractivity contribution >= 4 is 5.78 Å². The summed E-state index contributed by atoms with van der Waals surface area (Å²) in [6.07, 6.45) is 0.00913. The maximum Gasteiger partial charge on any atom is 0.234 e. The largest absolute Gasteiger partial charge is 0.377 e. The number of ketones is 1. The van der Waals surface area contributed by atoms with Crippen LogP contribution in [-0.4, -0.2) is 29.6 Å². The number of Topliss-reactive ketones (excluding diaryl/α,β-unsaturated/α-hetero) is 1. The predicted octanol–water partition coefficient (Wildman–Crippen LogP) is 1.94. The Morgan fingerprint density at radius 1 is 1.47 bits per heavy atom. The van der Waals surface area contributed by atoms with Crippen LogP contribution < -0.4 is 0 Å². The van der Waals surface area contributed by atoms with Gasteiger partial charge < -0.3 is 9.26 Å². The second-order valence-corrected chi connectivity index (χ2v) is 4.12. The Balaban J connectivity index is 2.21. The lowest BCUT2D eigenvalue weighted by molar-refractivity contribution is -0.122. The number of rotatable bonds is 5. The van der Waals surface area contributed by atoms with Gasteiger partial charge in [-0.1, -0.05) is 11.2 Å². The summed E-state index contributed by atoms with van der Waals surface area (Å²) in [5.41, 5.74) is 1.38. The average molecular weight is 264 g/mol. The van der Waals surface area contributed by atoms with Crippen molar-refractivity contribution in [2.45, 2.75) is 13.3 Å². The normalized spacial score (nSPS) is 10.7. The van der Waals surface area contributed by atoms with E-state index in [0.29, 0.717) is 5.56 Å². The summed E-state index contributed by atoms with van der Waals surface area (Å²) < 4.78 is 22.9. The van der Waals surface area contributed by atoms with Crippen LogP contribution in [0, 0.1) is 12.7 Å². The molecule has 0 aliphatic carbocycles. The van der Waals surface area contributed by atoms with Crippen molar-refractivity contribution in [2.24, 2.45) is 0 Å². The van der Waals surface area contributed by atoms with Gasteiger partial charge in [0.05, 0.1) is 6.42 Å². The van der Waals surface area contributed by atoms with E-state index in [1.807, 2.05) is 6.92 Å². The van der Waals surface area contributed by atoms with Crippen molar-refractivity contribution in [3.63, 3.8) is 0 Å². The Morgan fingerprint density at radius 2 is 2.26 bits per heavy atom. The monoisotopic (exact) mass is 264 g/mol. The van der Waals surface area contributed by atoms with Crippen LogP contribution in [-0.2, 0) is 16.0 Å². The number of methoxy groups -OCH3 is 1. The molecule has 0 spiro atoms. The van der Waals surface area contributed by atoms with Gasteiger partial charge in [0.25, 0.3) is 0 Å². The molecule has 2 aromatic rings. The maximum absolute atomic E-state index is 13.2. The van der Waals surface area contributed by atoms with Gasteiger partial charge in [0.2, 0.25) is 11.7 Å². The van der Waals surface area contributed by atoms with Crippen molar-refractivity contribution in [1.29, 1.82) is 0 Å². The Kier molecular flexibility index (Phi) is 4.01.